The predicted octanol–water partition coefficient (Wildman–Crippen LogP) is 2.59. The minimum Gasteiger partial charge on any atom is -0.334 e. The molecular weight excluding hydrogens is 372 g/mol. The van der Waals surface area contributed by atoms with Gasteiger partial charge in [0.1, 0.15) is 0 Å². The molecule has 0 bridgehead atoms. The second-order valence-corrected chi connectivity index (χ2v) is 8.91. The normalized spacial score (nSPS) is 17.4. The Morgan fingerprint density at radius 3 is 2.58 bits per heavy atom. The van der Waals surface area contributed by atoms with Crippen LogP contribution >= 0.6 is 11.3 Å². The first kappa shape index (κ1) is 18.8. The van der Waals surface area contributed by atoms with Gasteiger partial charge in [-0.15, -0.1) is 11.3 Å². The summed E-state index contributed by atoms with van der Waals surface area (Å²) in [7, 11) is -3.80. The zero-order chi connectivity index (χ0) is 18.7. The van der Waals surface area contributed by atoms with Gasteiger partial charge in [-0.05, 0) is 43.3 Å². The Hall–Kier alpha value is -2.03. The van der Waals surface area contributed by atoms with Crippen LogP contribution in [0.15, 0.2) is 46.7 Å². The van der Waals surface area contributed by atoms with Crippen molar-refractivity contribution in [1.82, 2.24) is 9.62 Å². The van der Waals surface area contributed by atoms with Crippen molar-refractivity contribution in [2.45, 2.75) is 30.7 Å². The summed E-state index contributed by atoms with van der Waals surface area (Å²) in [6.45, 7) is 1.77. The number of carbonyl (C=O) groups excluding carboxylic acids is 2. The molecular formula is C18H20N2O4S2. The quantitative estimate of drug-likeness (QED) is 0.766. The summed E-state index contributed by atoms with van der Waals surface area (Å²) in [5.41, 5.74) is 0.441. The van der Waals surface area contributed by atoms with Crippen LogP contribution in [0.1, 0.15) is 41.0 Å². The highest BCUT2D eigenvalue weighted by Crippen LogP contribution is 2.34. The molecule has 1 aliphatic rings. The van der Waals surface area contributed by atoms with Crippen molar-refractivity contribution in [2.75, 3.05) is 13.1 Å². The van der Waals surface area contributed by atoms with Crippen LogP contribution in [0.25, 0.3) is 0 Å². The Balaban J connectivity index is 1.65. The number of rotatable bonds is 6. The number of nitrogens with zero attached hydrogens (tertiary/aromatic N) is 1. The number of Topliss-reactive ketones (excluding diaryl/α,β-unsaturated/α-hetero) is 1. The van der Waals surface area contributed by atoms with E-state index in [4.69, 9.17) is 0 Å². The van der Waals surface area contributed by atoms with Crippen molar-refractivity contribution in [3.63, 3.8) is 0 Å². The Morgan fingerprint density at radius 1 is 1.23 bits per heavy atom. The average molecular weight is 393 g/mol. The van der Waals surface area contributed by atoms with Crippen LogP contribution in [0.3, 0.4) is 0 Å². The molecule has 3 rings (SSSR count). The maximum Gasteiger partial charge on any atom is 0.241 e. The van der Waals surface area contributed by atoms with E-state index in [0.29, 0.717) is 12.1 Å². The molecule has 1 fully saturated rings. The lowest BCUT2D eigenvalue weighted by atomic mass is 10.2. The van der Waals surface area contributed by atoms with Crippen LogP contribution in [-0.2, 0) is 14.8 Å². The maximum atomic E-state index is 12.5. The van der Waals surface area contributed by atoms with Crippen LogP contribution in [-0.4, -0.2) is 38.1 Å². The second-order valence-electron chi connectivity index (χ2n) is 6.17. The molecule has 1 N–H and O–H groups in total. The number of thiophene rings is 1. The fourth-order valence-electron chi connectivity index (χ4n) is 3.05. The zero-order valence-corrected chi connectivity index (χ0v) is 16.0. The molecule has 1 aromatic carbocycles. The number of likely N-dealkylation sites (tertiary alicyclic amines) is 1. The first-order chi connectivity index (χ1) is 12.4. The van der Waals surface area contributed by atoms with Gasteiger partial charge < -0.3 is 4.90 Å². The van der Waals surface area contributed by atoms with Crippen molar-refractivity contribution in [3.8, 4) is 0 Å². The lowest BCUT2D eigenvalue weighted by Gasteiger charge is -2.24. The number of hydrogen-bond donors (Lipinski definition) is 1. The number of nitrogens with one attached hydrogen (secondary N) is 1. The number of sulfonamides is 1. The van der Waals surface area contributed by atoms with Gasteiger partial charge in [0, 0.05) is 17.0 Å². The molecule has 2 aromatic rings. The number of benzene rings is 1. The van der Waals surface area contributed by atoms with Gasteiger partial charge in [-0.2, -0.15) is 0 Å². The highest BCUT2D eigenvalue weighted by atomic mass is 32.2. The highest BCUT2D eigenvalue weighted by Gasteiger charge is 2.31. The predicted molar refractivity (Wildman–Crippen MR) is 99.6 cm³/mol. The molecule has 138 valence electrons. The minimum absolute atomic E-state index is 0.0295. The van der Waals surface area contributed by atoms with Gasteiger partial charge in [0.25, 0.3) is 0 Å². The van der Waals surface area contributed by atoms with E-state index in [2.05, 4.69) is 4.72 Å². The van der Waals surface area contributed by atoms with Crippen molar-refractivity contribution < 1.29 is 18.0 Å². The van der Waals surface area contributed by atoms with Gasteiger partial charge in [-0.25, -0.2) is 13.1 Å². The first-order valence-electron chi connectivity index (χ1n) is 8.32. The number of carbonyl (C=O) groups is 2. The minimum atomic E-state index is -3.80. The molecule has 0 spiro atoms. The van der Waals surface area contributed by atoms with Gasteiger partial charge in [0.2, 0.25) is 15.9 Å². The Morgan fingerprint density at radius 2 is 1.96 bits per heavy atom. The highest BCUT2D eigenvalue weighted by molar-refractivity contribution is 7.89. The summed E-state index contributed by atoms with van der Waals surface area (Å²) in [6, 6.07) is 9.65. The van der Waals surface area contributed by atoms with Crippen molar-refractivity contribution in [3.05, 3.63) is 52.2 Å². The molecule has 2 heterocycles. The number of amides is 1. The maximum absolute atomic E-state index is 12.5. The molecule has 1 amide bonds. The number of hydrogen-bond acceptors (Lipinski definition) is 5. The van der Waals surface area contributed by atoms with Crippen molar-refractivity contribution >= 4 is 33.1 Å². The molecule has 8 heteroatoms. The van der Waals surface area contributed by atoms with Gasteiger partial charge in [-0.1, -0.05) is 18.2 Å². The lowest BCUT2D eigenvalue weighted by Crippen LogP contribution is -2.39. The fourth-order valence-corrected chi connectivity index (χ4v) is 4.90. The van der Waals surface area contributed by atoms with E-state index < -0.39 is 10.0 Å². The summed E-state index contributed by atoms with van der Waals surface area (Å²) in [5.74, 6) is -0.365. The van der Waals surface area contributed by atoms with E-state index in [1.54, 1.807) is 16.2 Å². The average Bonchev–Trinajstić information content (AvgIpc) is 3.30. The molecule has 0 saturated carbocycles. The third-order valence-corrected chi connectivity index (χ3v) is 6.82. The molecule has 0 unspecified atom stereocenters. The van der Waals surface area contributed by atoms with E-state index >= 15 is 0 Å². The van der Waals surface area contributed by atoms with Crippen molar-refractivity contribution in [2.24, 2.45) is 0 Å². The second kappa shape index (κ2) is 7.69. The van der Waals surface area contributed by atoms with Gasteiger partial charge in [-0.3, -0.25) is 9.59 Å². The van der Waals surface area contributed by atoms with Gasteiger partial charge in [0.05, 0.1) is 17.5 Å². The summed E-state index contributed by atoms with van der Waals surface area (Å²) in [4.78, 5) is 26.7. The molecule has 0 radical (unpaired) electrons. The molecule has 1 aliphatic heterocycles. The van der Waals surface area contributed by atoms with Crippen LogP contribution in [0.5, 0.6) is 0 Å². The summed E-state index contributed by atoms with van der Waals surface area (Å²) < 4.78 is 27.1. The van der Waals surface area contributed by atoms with E-state index in [0.717, 1.165) is 17.7 Å². The molecule has 0 aliphatic carbocycles. The van der Waals surface area contributed by atoms with E-state index in [1.807, 2.05) is 17.5 Å². The molecule has 6 nitrogen and oxygen atoms in total. The molecule has 1 atom stereocenters. The van der Waals surface area contributed by atoms with Crippen LogP contribution in [0, 0.1) is 0 Å². The smallest absolute Gasteiger partial charge is 0.241 e. The summed E-state index contributed by atoms with van der Waals surface area (Å²) in [5, 5.41) is 1.98. The van der Waals surface area contributed by atoms with Gasteiger partial charge in [0.15, 0.2) is 5.78 Å². The topological polar surface area (TPSA) is 83.5 Å². The van der Waals surface area contributed by atoms with Crippen LogP contribution in [0.2, 0.25) is 0 Å². The summed E-state index contributed by atoms with van der Waals surface area (Å²) >= 11 is 1.61. The standard InChI is InChI=1S/C18H20N2O4S2/c1-13(21)14-6-8-15(9-7-14)26(23,24)19-12-18(22)20-10-2-4-16(20)17-5-3-11-25-17/h3,5-9,11,16,19H,2,4,10,12H2,1H3/t16-/m1/s1. The Bertz CT molecular complexity index is 890. The van der Waals surface area contributed by atoms with E-state index in [-0.39, 0.29) is 29.2 Å². The molecule has 1 saturated heterocycles. The number of ketones is 1. The van der Waals surface area contributed by atoms with E-state index in [9.17, 15) is 18.0 Å². The van der Waals surface area contributed by atoms with E-state index in [1.165, 1.54) is 31.2 Å². The fraction of sp³-hybridized carbons (Fsp3) is 0.333. The molecule has 26 heavy (non-hydrogen) atoms. The van der Waals surface area contributed by atoms with Crippen LogP contribution in [0.4, 0.5) is 0 Å². The first-order valence-corrected chi connectivity index (χ1v) is 10.7. The SMILES string of the molecule is CC(=O)c1ccc(S(=O)(=O)NCC(=O)N2CCC[C@@H]2c2cccs2)cc1. The zero-order valence-electron chi connectivity index (χ0n) is 14.3. The Kier molecular flexibility index (Phi) is 5.55. The largest absolute Gasteiger partial charge is 0.334 e. The third-order valence-electron chi connectivity index (χ3n) is 4.43. The third kappa shape index (κ3) is 4.03. The van der Waals surface area contributed by atoms with Gasteiger partial charge >= 0.3 is 0 Å². The van der Waals surface area contributed by atoms with Crippen LogP contribution < -0.4 is 4.72 Å². The van der Waals surface area contributed by atoms with Crippen molar-refractivity contribution in [1.29, 1.82) is 0 Å². The lowest BCUT2D eigenvalue weighted by molar-refractivity contribution is -0.130. The Labute approximate surface area is 156 Å². The monoisotopic (exact) mass is 392 g/mol. The molecule has 1 aromatic heterocycles. The summed E-state index contributed by atoms with van der Waals surface area (Å²) in [6.07, 6.45) is 1.80.